The third-order valence-electron chi connectivity index (χ3n) is 4.90. The average Bonchev–Trinajstić information content (AvgIpc) is 2.74. The Hall–Kier alpha value is -3.53. The molecule has 0 radical (unpaired) electrons. The van der Waals surface area contributed by atoms with Crippen molar-refractivity contribution >= 4 is 27.8 Å². The minimum Gasteiger partial charge on any atom is -0.497 e. The molecule has 4 aromatic rings. The largest absolute Gasteiger partial charge is 0.497 e. The van der Waals surface area contributed by atoms with Gasteiger partial charge in [0, 0.05) is 16.3 Å². The molecule has 0 unspecified atom stereocenters. The molecule has 0 saturated heterocycles. The van der Waals surface area contributed by atoms with Gasteiger partial charge < -0.3 is 13.9 Å². The Balaban J connectivity index is 1.72. The van der Waals surface area contributed by atoms with Crippen molar-refractivity contribution in [3.8, 4) is 11.5 Å². The summed E-state index contributed by atoms with van der Waals surface area (Å²) in [5, 5.41) is 2.21. The molecular weight excluding hydrogens is 352 g/mol. The van der Waals surface area contributed by atoms with Gasteiger partial charge in [-0.15, -0.1) is 0 Å². The van der Waals surface area contributed by atoms with Crippen LogP contribution in [0.15, 0.2) is 70.4 Å². The molecule has 0 saturated carbocycles. The summed E-state index contributed by atoms with van der Waals surface area (Å²) in [5.41, 5.74) is 3.08. The van der Waals surface area contributed by atoms with E-state index in [-0.39, 0.29) is 5.63 Å². The van der Waals surface area contributed by atoms with Crippen LogP contribution in [0.2, 0.25) is 0 Å². The molecule has 1 aromatic heterocycles. The van der Waals surface area contributed by atoms with Crippen LogP contribution in [0.3, 0.4) is 0 Å². The van der Waals surface area contributed by atoms with Crippen LogP contribution in [0.4, 0.5) is 0 Å². The van der Waals surface area contributed by atoms with Crippen molar-refractivity contribution in [3.05, 3.63) is 88.3 Å². The second-order valence-corrected chi connectivity index (χ2v) is 6.60. The van der Waals surface area contributed by atoms with Crippen LogP contribution in [0.1, 0.15) is 16.7 Å². The van der Waals surface area contributed by atoms with Crippen molar-refractivity contribution in [1.82, 2.24) is 0 Å². The third-order valence-corrected chi connectivity index (χ3v) is 4.90. The van der Waals surface area contributed by atoms with Gasteiger partial charge in [0.25, 0.3) is 0 Å². The molecule has 0 N–H and O–H groups in total. The van der Waals surface area contributed by atoms with E-state index in [1.807, 2.05) is 55.5 Å². The monoisotopic (exact) mass is 372 g/mol. The van der Waals surface area contributed by atoms with E-state index in [0.29, 0.717) is 29.1 Å². The first-order chi connectivity index (χ1) is 13.6. The van der Waals surface area contributed by atoms with Gasteiger partial charge in [-0.3, -0.25) is 0 Å². The zero-order valence-electron chi connectivity index (χ0n) is 15.8. The highest BCUT2D eigenvalue weighted by molar-refractivity contribution is 6.05. The standard InChI is InChI=1S/C24H20O4/c1-4-16-5-7-17(8-6-16)14-27-22-12-11-20-19-10-9-18(26-3)13-21(19)24(25)28-23(20)15(22)2/h4-13H,1,14H2,2-3H3. The molecule has 4 heteroatoms. The fourth-order valence-electron chi connectivity index (χ4n) is 3.29. The fourth-order valence-corrected chi connectivity index (χ4v) is 3.29. The number of benzene rings is 3. The van der Waals surface area contributed by atoms with Crippen LogP contribution in [0, 0.1) is 6.92 Å². The molecule has 4 nitrogen and oxygen atoms in total. The quantitative estimate of drug-likeness (QED) is 0.343. The molecule has 0 aliphatic heterocycles. The second kappa shape index (κ2) is 7.24. The maximum absolute atomic E-state index is 12.5. The Kier molecular flexibility index (Phi) is 4.62. The lowest BCUT2D eigenvalue weighted by Crippen LogP contribution is -2.02. The molecule has 0 atom stereocenters. The van der Waals surface area contributed by atoms with Gasteiger partial charge in [-0.25, -0.2) is 4.79 Å². The normalized spacial score (nSPS) is 10.9. The first-order valence-electron chi connectivity index (χ1n) is 8.99. The zero-order chi connectivity index (χ0) is 19.7. The van der Waals surface area contributed by atoms with E-state index in [4.69, 9.17) is 13.9 Å². The highest BCUT2D eigenvalue weighted by Gasteiger charge is 2.13. The molecule has 0 amide bonds. The first kappa shape index (κ1) is 17.9. The van der Waals surface area contributed by atoms with Crippen LogP contribution >= 0.6 is 0 Å². The summed E-state index contributed by atoms with van der Waals surface area (Å²) < 4.78 is 16.8. The summed E-state index contributed by atoms with van der Waals surface area (Å²) in [6.45, 7) is 6.09. The Morgan fingerprint density at radius 3 is 2.46 bits per heavy atom. The Labute approximate surface area is 162 Å². The maximum Gasteiger partial charge on any atom is 0.344 e. The molecule has 0 bridgehead atoms. The summed E-state index contributed by atoms with van der Waals surface area (Å²) in [4.78, 5) is 12.5. The summed E-state index contributed by atoms with van der Waals surface area (Å²) >= 11 is 0. The SMILES string of the molecule is C=Cc1ccc(COc2ccc3c(oc(=O)c4cc(OC)ccc43)c2C)cc1. The average molecular weight is 372 g/mol. The molecule has 0 fully saturated rings. The van der Waals surface area contributed by atoms with Gasteiger partial charge >= 0.3 is 5.63 Å². The van der Waals surface area contributed by atoms with E-state index in [0.717, 1.165) is 27.5 Å². The maximum atomic E-state index is 12.5. The lowest BCUT2D eigenvalue weighted by atomic mass is 10.0. The fraction of sp³-hybridized carbons (Fsp3) is 0.125. The summed E-state index contributed by atoms with van der Waals surface area (Å²) in [5.74, 6) is 1.31. The smallest absolute Gasteiger partial charge is 0.344 e. The van der Waals surface area contributed by atoms with E-state index < -0.39 is 0 Å². The summed E-state index contributed by atoms with van der Waals surface area (Å²) in [6.07, 6.45) is 1.81. The van der Waals surface area contributed by atoms with Crippen molar-refractivity contribution in [1.29, 1.82) is 0 Å². The molecule has 1 heterocycles. The first-order valence-corrected chi connectivity index (χ1v) is 8.99. The van der Waals surface area contributed by atoms with Gasteiger partial charge in [0.15, 0.2) is 0 Å². The topological polar surface area (TPSA) is 48.7 Å². The van der Waals surface area contributed by atoms with Crippen LogP contribution < -0.4 is 15.1 Å². The van der Waals surface area contributed by atoms with Gasteiger partial charge in [0.2, 0.25) is 0 Å². The van der Waals surface area contributed by atoms with Gasteiger partial charge in [0.1, 0.15) is 23.7 Å². The predicted molar refractivity (Wildman–Crippen MR) is 112 cm³/mol. The molecule has 0 aliphatic carbocycles. The molecule has 0 aliphatic rings. The van der Waals surface area contributed by atoms with Gasteiger partial charge in [-0.05, 0) is 48.4 Å². The van der Waals surface area contributed by atoms with Crippen LogP contribution in [-0.2, 0) is 6.61 Å². The number of rotatable bonds is 5. The number of fused-ring (bicyclic) bond motifs is 3. The van der Waals surface area contributed by atoms with Crippen LogP contribution in [0.25, 0.3) is 27.8 Å². The number of ether oxygens (including phenoxy) is 2. The van der Waals surface area contributed by atoms with Gasteiger partial charge in [-0.2, -0.15) is 0 Å². The summed E-state index contributed by atoms with van der Waals surface area (Å²) in [6, 6.07) is 17.3. The molecule has 0 spiro atoms. The zero-order valence-corrected chi connectivity index (χ0v) is 15.8. The Morgan fingerprint density at radius 1 is 1.00 bits per heavy atom. The number of hydrogen-bond donors (Lipinski definition) is 0. The van der Waals surface area contributed by atoms with E-state index >= 15 is 0 Å². The predicted octanol–water partition coefficient (Wildman–Crippen LogP) is 5.49. The van der Waals surface area contributed by atoms with Gasteiger partial charge in [0.05, 0.1) is 12.5 Å². The molecular formula is C24H20O4. The molecule has 28 heavy (non-hydrogen) atoms. The van der Waals surface area contributed by atoms with E-state index in [2.05, 4.69) is 6.58 Å². The second-order valence-electron chi connectivity index (χ2n) is 6.60. The number of aryl methyl sites for hydroxylation is 1. The number of methoxy groups -OCH3 is 1. The van der Waals surface area contributed by atoms with Crippen molar-refractivity contribution in [2.75, 3.05) is 7.11 Å². The van der Waals surface area contributed by atoms with Crippen LogP contribution in [-0.4, -0.2) is 7.11 Å². The van der Waals surface area contributed by atoms with Gasteiger partial charge in [-0.1, -0.05) is 36.9 Å². The minimum absolute atomic E-state index is 0.387. The molecule has 4 rings (SSSR count). The third kappa shape index (κ3) is 3.14. The van der Waals surface area contributed by atoms with Crippen molar-refractivity contribution < 1.29 is 13.9 Å². The number of hydrogen-bond acceptors (Lipinski definition) is 4. The Bertz CT molecular complexity index is 1230. The molecule has 3 aromatic carbocycles. The van der Waals surface area contributed by atoms with Crippen molar-refractivity contribution in [2.24, 2.45) is 0 Å². The van der Waals surface area contributed by atoms with Crippen molar-refractivity contribution in [2.45, 2.75) is 13.5 Å². The Morgan fingerprint density at radius 2 is 1.75 bits per heavy atom. The minimum atomic E-state index is -0.387. The lowest BCUT2D eigenvalue weighted by molar-refractivity contribution is 0.304. The highest BCUT2D eigenvalue weighted by atomic mass is 16.5. The highest BCUT2D eigenvalue weighted by Crippen LogP contribution is 2.32. The van der Waals surface area contributed by atoms with E-state index in [1.165, 1.54) is 0 Å². The summed E-state index contributed by atoms with van der Waals surface area (Å²) in [7, 11) is 1.57. The van der Waals surface area contributed by atoms with E-state index in [1.54, 1.807) is 19.3 Å². The van der Waals surface area contributed by atoms with Crippen molar-refractivity contribution in [3.63, 3.8) is 0 Å². The van der Waals surface area contributed by atoms with E-state index in [9.17, 15) is 4.79 Å². The van der Waals surface area contributed by atoms with Crippen LogP contribution in [0.5, 0.6) is 11.5 Å². The lowest BCUT2D eigenvalue weighted by Gasteiger charge is -2.12. The molecule has 140 valence electrons.